The molecular weight excluding hydrogens is 1400 g/mol. The maximum absolute atomic E-state index is 2.46. The Labute approximate surface area is 677 Å². The minimum atomic E-state index is -0.258. The maximum atomic E-state index is 2.46. The van der Waals surface area contributed by atoms with Crippen molar-refractivity contribution >= 4 is 154 Å². The zero-order chi connectivity index (χ0) is 77.9. The molecule has 20 aromatic carbocycles. The van der Waals surface area contributed by atoms with Gasteiger partial charge in [0.25, 0.3) is 0 Å². The summed E-state index contributed by atoms with van der Waals surface area (Å²) in [7, 11) is 0. The predicted octanol–water partition coefficient (Wildman–Crippen LogP) is 31.7. The third kappa shape index (κ3) is 11.6. The van der Waals surface area contributed by atoms with E-state index in [-0.39, 0.29) is 10.8 Å². The van der Waals surface area contributed by atoms with Crippen molar-refractivity contribution in [3.63, 3.8) is 0 Å². The molecule has 0 atom stereocenters. The van der Waals surface area contributed by atoms with E-state index in [2.05, 4.69) is 462 Å². The summed E-state index contributed by atoms with van der Waals surface area (Å²) in [5.74, 6) is 0. The van der Waals surface area contributed by atoms with Gasteiger partial charge < -0.3 is 19.6 Å². The Morgan fingerprint density at radius 1 is 0.164 bits per heavy atom. The van der Waals surface area contributed by atoms with Crippen LogP contribution in [-0.4, -0.2) is 0 Å². The van der Waals surface area contributed by atoms with Crippen LogP contribution in [0.15, 0.2) is 400 Å². The minimum absolute atomic E-state index is 0.252. The van der Waals surface area contributed by atoms with Crippen molar-refractivity contribution in [1.29, 1.82) is 0 Å². The highest BCUT2D eigenvalue weighted by atomic mass is 15.2. The van der Waals surface area contributed by atoms with Crippen LogP contribution in [0.3, 0.4) is 0 Å². The summed E-state index contributed by atoms with van der Waals surface area (Å²) < 4.78 is 0. The topological polar surface area (TPSA) is 13.0 Å². The van der Waals surface area contributed by atoms with E-state index in [1.54, 1.807) is 0 Å². The zero-order valence-corrected chi connectivity index (χ0v) is 65.9. The summed E-state index contributed by atoms with van der Waals surface area (Å²) in [6, 6.07) is 148. The van der Waals surface area contributed by atoms with Gasteiger partial charge in [-0.2, -0.15) is 0 Å². The molecule has 0 saturated heterocycles. The number of fused-ring (bicyclic) bond motifs is 18. The van der Waals surface area contributed by atoms with E-state index < -0.39 is 0 Å². The second-order valence-electron chi connectivity index (χ2n) is 32.5. The standard InChI is InChI=1S/C57H44N2.C55H40N2/c1-37-21-25-41(26-22-37)58(55-33-39-13-5-7-15-45(39)47-17-9-11-19-51(47)55)43-29-31-49-50-32-30-44(36-54(50)57(3,4)53(49)35-43)59(42-27-23-38(2)24-28-42)56-34-40-14-6-8-16-46(40)48-18-10-12-20-52(48)56;1-55(2)51-35-41(56(39-19-5-3-6-20-39)53-33-37-17-9-11-23-43(37)45-25-13-15-27-49(45)53)29-31-47(51)48-32-30-42(36-52(48)55)57(40-21-7-4-8-22-40)54-34-38-18-10-12-24-44(38)46-26-14-16-28-50(46)54/h5-36H,1-4H3;3-36H,1-2H3. The van der Waals surface area contributed by atoms with Crippen LogP contribution < -0.4 is 19.6 Å². The van der Waals surface area contributed by atoms with Crippen molar-refractivity contribution in [3.8, 4) is 22.3 Å². The molecule has 2 aliphatic carbocycles. The first-order valence-electron chi connectivity index (χ1n) is 40.5. The van der Waals surface area contributed by atoms with Gasteiger partial charge in [0.2, 0.25) is 0 Å². The van der Waals surface area contributed by atoms with Crippen molar-refractivity contribution in [1.82, 2.24) is 0 Å². The summed E-state index contributed by atoms with van der Waals surface area (Å²) in [6.07, 6.45) is 0. The van der Waals surface area contributed by atoms with Crippen LogP contribution in [0.4, 0.5) is 68.2 Å². The van der Waals surface area contributed by atoms with Crippen molar-refractivity contribution in [2.75, 3.05) is 19.6 Å². The van der Waals surface area contributed by atoms with Gasteiger partial charge in [-0.3, -0.25) is 0 Å². The first-order valence-corrected chi connectivity index (χ1v) is 40.5. The van der Waals surface area contributed by atoms with Gasteiger partial charge in [0.15, 0.2) is 0 Å². The number of aryl methyl sites for hydroxylation is 2. The smallest absolute Gasteiger partial charge is 0.0546 e. The molecule has 0 radical (unpaired) electrons. The van der Waals surface area contributed by atoms with Crippen LogP contribution in [0, 0.1) is 13.8 Å². The fraction of sp³-hybridized carbons (Fsp3) is 0.0714. The lowest BCUT2D eigenvalue weighted by atomic mass is 9.82. The quantitative estimate of drug-likeness (QED) is 0.113. The molecule has 4 heteroatoms. The van der Waals surface area contributed by atoms with Gasteiger partial charge in [0.1, 0.15) is 0 Å². The van der Waals surface area contributed by atoms with Crippen molar-refractivity contribution in [3.05, 3.63) is 434 Å². The van der Waals surface area contributed by atoms with E-state index >= 15 is 0 Å². The zero-order valence-electron chi connectivity index (χ0n) is 65.9. The van der Waals surface area contributed by atoms with Crippen LogP contribution in [0.25, 0.3) is 108 Å². The van der Waals surface area contributed by atoms with Crippen LogP contribution in [0.2, 0.25) is 0 Å². The van der Waals surface area contributed by atoms with E-state index in [0.717, 1.165) is 45.5 Å². The number of hydrogen-bond acceptors (Lipinski definition) is 4. The summed E-state index contributed by atoms with van der Waals surface area (Å²) in [5, 5.41) is 20.0. The predicted molar refractivity (Wildman–Crippen MR) is 496 cm³/mol. The molecule has 552 valence electrons. The molecule has 0 spiro atoms. The van der Waals surface area contributed by atoms with Gasteiger partial charge in [-0.1, -0.05) is 318 Å². The summed E-state index contributed by atoms with van der Waals surface area (Å²) >= 11 is 0. The Bertz CT molecular complexity index is 6870. The fourth-order valence-corrected chi connectivity index (χ4v) is 19.1. The normalized spacial score (nSPS) is 12.9. The number of anilines is 12. The first-order chi connectivity index (χ1) is 56.9. The van der Waals surface area contributed by atoms with Crippen molar-refractivity contribution in [2.24, 2.45) is 0 Å². The lowest BCUT2D eigenvalue weighted by Crippen LogP contribution is -2.18. The number of para-hydroxylation sites is 2. The monoisotopic (exact) mass is 1480 g/mol. The van der Waals surface area contributed by atoms with Gasteiger partial charge in [-0.05, 0) is 244 Å². The molecule has 0 aliphatic heterocycles. The Balaban J connectivity index is 0.000000145. The molecule has 0 N–H and O–H groups in total. The third-order valence-electron chi connectivity index (χ3n) is 24.9. The van der Waals surface area contributed by atoms with E-state index in [1.165, 1.54) is 165 Å². The summed E-state index contributed by atoms with van der Waals surface area (Å²) in [4.78, 5) is 9.81. The highest BCUT2D eigenvalue weighted by Crippen LogP contribution is 2.57. The molecule has 2 aliphatic rings. The lowest BCUT2D eigenvalue weighted by Gasteiger charge is -2.30. The molecule has 22 rings (SSSR count). The average Bonchev–Trinajstić information content (AvgIpc) is 1.55. The SMILES string of the molecule is CC1(C)c2cc(N(c3ccccc3)c3cc4ccccc4c4ccccc34)ccc2-c2ccc(N(c3ccccc3)c3cc4ccccc4c4ccccc34)cc21.Cc1ccc(N(c2ccc3c(c2)C(C)(C)c2cc(N(c4ccc(C)cc4)c4cc5ccccc5c5ccccc45)ccc2-3)c2cc3ccccc3c3ccccc23)cc1. The minimum Gasteiger partial charge on any atom is -0.310 e. The molecule has 4 nitrogen and oxygen atoms in total. The third-order valence-corrected chi connectivity index (χ3v) is 24.9. The number of rotatable bonds is 12. The summed E-state index contributed by atoms with van der Waals surface area (Å²) in [6.45, 7) is 13.9. The highest BCUT2D eigenvalue weighted by molar-refractivity contribution is 6.19. The Kier molecular flexibility index (Phi) is 16.7. The average molecular weight is 1490 g/mol. The number of nitrogens with zero attached hydrogens (tertiary/aromatic N) is 4. The Morgan fingerprint density at radius 3 is 0.595 bits per heavy atom. The van der Waals surface area contributed by atoms with Gasteiger partial charge >= 0.3 is 0 Å². The van der Waals surface area contributed by atoms with Gasteiger partial charge in [0, 0.05) is 77.9 Å². The molecule has 0 heterocycles. The van der Waals surface area contributed by atoms with Gasteiger partial charge in [-0.25, -0.2) is 0 Å². The van der Waals surface area contributed by atoms with E-state index in [1.807, 2.05) is 0 Å². The maximum Gasteiger partial charge on any atom is 0.0546 e. The fourth-order valence-electron chi connectivity index (χ4n) is 19.1. The van der Waals surface area contributed by atoms with Crippen LogP contribution in [0.5, 0.6) is 0 Å². The molecule has 116 heavy (non-hydrogen) atoms. The van der Waals surface area contributed by atoms with Crippen LogP contribution in [0.1, 0.15) is 61.1 Å². The Morgan fingerprint density at radius 2 is 0.353 bits per heavy atom. The molecule has 0 bridgehead atoms. The van der Waals surface area contributed by atoms with Crippen LogP contribution in [-0.2, 0) is 10.8 Å². The van der Waals surface area contributed by atoms with E-state index in [0.29, 0.717) is 0 Å². The van der Waals surface area contributed by atoms with E-state index in [4.69, 9.17) is 0 Å². The molecule has 0 unspecified atom stereocenters. The molecule has 0 aromatic heterocycles. The molecule has 0 amide bonds. The van der Waals surface area contributed by atoms with Crippen LogP contribution >= 0.6 is 0 Å². The number of hydrogen-bond donors (Lipinski definition) is 0. The van der Waals surface area contributed by atoms with Gasteiger partial charge in [-0.15, -0.1) is 0 Å². The second-order valence-corrected chi connectivity index (χ2v) is 32.5. The first kappa shape index (κ1) is 69.6. The summed E-state index contributed by atoms with van der Waals surface area (Å²) in [5.41, 5.74) is 26.4. The van der Waals surface area contributed by atoms with Crippen molar-refractivity contribution in [2.45, 2.75) is 52.4 Å². The Hall–Kier alpha value is -14.3. The van der Waals surface area contributed by atoms with Crippen molar-refractivity contribution < 1.29 is 0 Å². The second kappa shape index (κ2) is 27.8. The lowest BCUT2D eigenvalue weighted by molar-refractivity contribution is 0.660. The largest absolute Gasteiger partial charge is 0.310 e. The molecular formula is C112H84N4. The van der Waals surface area contributed by atoms with E-state index in [9.17, 15) is 0 Å². The molecule has 0 fully saturated rings. The van der Waals surface area contributed by atoms with Gasteiger partial charge in [0.05, 0.1) is 22.7 Å². The highest BCUT2D eigenvalue weighted by Gasteiger charge is 2.39. The molecule has 20 aromatic rings. The molecule has 0 saturated carbocycles. The number of benzene rings is 20.